The van der Waals surface area contributed by atoms with Crippen LogP contribution in [0.25, 0.3) is 0 Å². The van der Waals surface area contributed by atoms with E-state index in [2.05, 4.69) is 17.0 Å². The first kappa shape index (κ1) is 11.5. The van der Waals surface area contributed by atoms with Crippen LogP contribution < -0.4 is 10.0 Å². The summed E-state index contributed by atoms with van der Waals surface area (Å²) in [6.07, 6.45) is 2.04. The molecule has 16 heavy (non-hydrogen) atoms. The van der Waals surface area contributed by atoms with Gasteiger partial charge in [0.1, 0.15) is 0 Å². The molecule has 1 aliphatic heterocycles. The molecule has 0 aliphatic carbocycles. The first-order valence-corrected chi connectivity index (χ1v) is 6.34. The molecule has 0 bridgehead atoms. The third kappa shape index (κ3) is 3.00. The van der Waals surface area contributed by atoms with Crippen molar-refractivity contribution in [3.63, 3.8) is 0 Å². The third-order valence-electron chi connectivity index (χ3n) is 2.67. The summed E-state index contributed by atoms with van der Waals surface area (Å²) in [7, 11) is 0. The largest absolute Gasteiger partial charge is 0.306 e. The number of nitrogens with one attached hydrogen (secondary N) is 2. The molecule has 1 amide bonds. The molecule has 3 nitrogen and oxygen atoms in total. The van der Waals surface area contributed by atoms with Crippen molar-refractivity contribution >= 4 is 17.9 Å². The highest BCUT2D eigenvalue weighted by atomic mass is 32.2. The van der Waals surface area contributed by atoms with E-state index in [1.54, 1.807) is 0 Å². The molecule has 0 radical (unpaired) electrons. The third-order valence-corrected chi connectivity index (χ3v) is 3.48. The summed E-state index contributed by atoms with van der Waals surface area (Å²) in [6.45, 7) is 3.00. The fraction of sp³-hybridized carbons (Fsp3) is 0.417. The standard InChI is InChI=1S/C12H16N2OS/c1-9-4-6-10(7-5-9)16-14-12(15)11-3-2-8-13-11/h4-7,11,13H,2-3,8H2,1H3,(H,14,15)/t11-/m1/s1. The van der Waals surface area contributed by atoms with E-state index in [1.807, 2.05) is 24.3 Å². The fourth-order valence-electron chi connectivity index (χ4n) is 1.69. The van der Waals surface area contributed by atoms with Gasteiger partial charge in [0.2, 0.25) is 5.91 Å². The number of rotatable bonds is 3. The van der Waals surface area contributed by atoms with Gasteiger partial charge in [0.05, 0.1) is 6.04 Å². The zero-order chi connectivity index (χ0) is 11.4. The summed E-state index contributed by atoms with van der Waals surface area (Å²) < 4.78 is 2.88. The molecule has 1 heterocycles. The Labute approximate surface area is 100 Å². The molecule has 0 aromatic heterocycles. The molecule has 2 N–H and O–H groups in total. The van der Waals surface area contributed by atoms with Crippen LogP contribution in [0.1, 0.15) is 18.4 Å². The Morgan fingerprint density at radius 2 is 2.19 bits per heavy atom. The number of benzene rings is 1. The van der Waals surface area contributed by atoms with E-state index in [9.17, 15) is 4.79 Å². The summed E-state index contributed by atoms with van der Waals surface area (Å²) >= 11 is 1.38. The molecule has 1 aromatic carbocycles. The molecule has 0 spiro atoms. The molecule has 1 aromatic rings. The number of amides is 1. The second-order valence-electron chi connectivity index (χ2n) is 4.03. The van der Waals surface area contributed by atoms with Gasteiger partial charge in [-0.1, -0.05) is 17.7 Å². The van der Waals surface area contributed by atoms with E-state index in [0.29, 0.717) is 0 Å². The van der Waals surface area contributed by atoms with Gasteiger partial charge in [-0.3, -0.25) is 9.52 Å². The van der Waals surface area contributed by atoms with Gasteiger partial charge in [-0.2, -0.15) is 0 Å². The van der Waals surface area contributed by atoms with Gasteiger partial charge < -0.3 is 5.32 Å². The van der Waals surface area contributed by atoms with Gasteiger partial charge in [0.25, 0.3) is 0 Å². The zero-order valence-corrected chi connectivity index (χ0v) is 10.1. The molecule has 1 atom stereocenters. The highest BCUT2D eigenvalue weighted by Crippen LogP contribution is 2.16. The van der Waals surface area contributed by atoms with E-state index in [1.165, 1.54) is 17.5 Å². The van der Waals surface area contributed by atoms with Crippen LogP contribution in [-0.4, -0.2) is 18.5 Å². The van der Waals surface area contributed by atoms with E-state index in [4.69, 9.17) is 0 Å². The maximum absolute atomic E-state index is 11.7. The maximum Gasteiger partial charge on any atom is 0.247 e. The summed E-state index contributed by atoms with van der Waals surface area (Å²) in [5, 5.41) is 3.18. The summed E-state index contributed by atoms with van der Waals surface area (Å²) in [4.78, 5) is 12.8. The second-order valence-corrected chi connectivity index (χ2v) is 4.91. The zero-order valence-electron chi connectivity index (χ0n) is 9.32. The summed E-state index contributed by atoms with van der Waals surface area (Å²) in [5.74, 6) is 0.0862. The van der Waals surface area contributed by atoms with E-state index in [-0.39, 0.29) is 11.9 Å². The summed E-state index contributed by atoms with van der Waals surface area (Å²) in [6, 6.07) is 8.12. The highest BCUT2D eigenvalue weighted by molar-refractivity contribution is 7.98. The topological polar surface area (TPSA) is 41.1 Å². The molecule has 86 valence electrons. The quantitative estimate of drug-likeness (QED) is 0.787. The minimum atomic E-state index is -0.00190. The van der Waals surface area contributed by atoms with Gasteiger partial charge in [-0.25, -0.2) is 0 Å². The van der Waals surface area contributed by atoms with Gasteiger partial charge in [0.15, 0.2) is 0 Å². The molecule has 1 fully saturated rings. The second kappa shape index (κ2) is 5.37. The SMILES string of the molecule is Cc1ccc(SNC(=O)[C@H]2CCCN2)cc1. The van der Waals surface area contributed by atoms with Gasteiger partial charge in [0, 0.05) is 4.90 Å². The number of carbonyl (C=O) groups excluding carboxylic acids is 1. The Hall–Kier alpha value is -1.00. The van der Waals surface area contributed by atoms with Crippen LogP contribution in [0.5, 0.6) is 0 Å². The predicted octanol–water partition coefficient (Wildman–Crippen LogP) is 1.87. The van der Waals surface area contributed by atoms with Crippen LogP contribution in [-0.2, 0) is 4.79 Å². The Kier molecular flexibility index (Phi) is 3.85. The minimum absolute atomic E-state index is 0.00190. The van der Waals surface area contributed by atoms with Crippen molar-refractivity contribution < 1.29 is 4.79 Å². The smallest absolute Gasteiger partial charge is 0.247 e. The van der Waals surface area contributed by atoms with E-state index >= 15 is 0 Å². The van der Waals surface area contributed by atoms with Crippen LogP contribution in [0.15, 0.2) is 29.2 Å². The lowest BCUT2D eigenvalue weighted by Crippen LogP contribution is -2.37. The van der Waals surface area contributed by atoms with Crippen molar-refractivity contribution in [3.05, 3.63) is 29.8 Å². The Morgan fingerprint density at radius 1 is 1.44 bits per heavy atom. The van der Waals surface area contributed by atoms with Crippen molar-refractivity contribution in [1.29, 1.82) is 0 Å². The first-order valence-electron chi connectivity index (χ1n) is 5.52. The van der Waals surface area contributed by atoms with Crippen molar-refractivity contribution in [1.82, 2.24) is 10.0 Å². The molecular formula is C12H16N2OS. The Balaban J connectivity index is 1.82. The van der Waals surface area contributed by atoms with Crippen LogP contribution >= 0.6 is 11.9 Å². The minimum Gasteiger partial charge on any atom is -0.306 e. The average Bonchev–Trinajstić information content (AvgIpc) is 2.81. The van der Waals surface area contributed by atoms with Crippen LogP contribution in [0, 0.1) is 6.92 Å². The molecule has 0 unspecified atom stereocenters. The van der Waals surface area contributed by atoms with Crippen molar-refractivity contribution in [2.75, 3.05) is 6.54 Å². The average molecular weight is 236 g/mol. The number of aryl methyl sites for hydroxylation is 1. The number of hydrogen-bond donors (Lipinski definition) is 2. The molecule has 1 aliphatic rings. The Bertz CT molecular complexity index is 358. The van der Waals surface area contributed by atoms with Crippen LogP contribution in [0.3, 0.4) is 0 Å². The molecular weight excluding hydrogens is 220 g/mol. The maximum atomic E-state index is 11.7. The summed E-state index contributed by atoms with van der Waals surface area (Å²) in [5.41, 5.74) is 1.23. The fourth-order valence-corrected chi connectivity index (χ4v) is 2.33. The predicted molar refractivity (Wildman–Crippen MR) is 66.2 cm³/mol. The highest BCUT2D eigenvalue weighted by Gasteiger charge is 2.21. The molecule has 2 rings (SSSR count). The van der Waals surface area contributed by atoms with E-state index in [0.717, 1.165) is 24.3 Å². The normalized spacial score (nSPS) is 19.7. The Morgan fingerprint density at radius 3 is 2.81 bits per heavy atom. The lowest BCUT2D eigenvalue weighted by molar-refractivity contribution is -0.120. The van der Waals surface area contributed by atoms with Crippen molar-refractivity contribution in [3.8, 4) is 0 Å². The molecule has 0 saturated carbocycles. The van der Waals surface area contributed by atoms with Gasteiger partial charge >= 0.3 is 0 Å². The monoisotopic (exact) mass is 236 g/mol. The lowest BCUT2D eigenvalue weighted by Gasteiger charge is -2.10. The van der Waals surface area contributed by atoms with Gasteiger partial charge in [-0.15, -0.1) is 0 Å². The molecule has 4 heteroatoms. The first-order chi connectivity index (χ1) is 7.75. The van der Waals surface area contributed by atoms with Crippen molar-refractivity contribution in [2.24, 2.45) is 0 Å². The van der Waals surface area contributed by atoms with Gasteiger partial charge in [-0.05, 0) is 50.4 Å². The molecule has 1 saturated heterocycles. The van der Waals surface area contributed by atoms with E-state index < -0.39 is 0 Å². The number of hydrogen-bond acceptors (Lipinski definition) is 3. The van der Waals surface area contributed by atoms with Crippen molar-refractivity contribution in [2.45, 2.75) is 30.7 Å². The van der Waals surface area contributed by atoms with Crippen LogP contribution in [0.2, 0.25) is 0 Å². The van der Waals surface area contributed by atoms with Crippen LogP contribution in [0.4, 0.5) is 0 Å². The lowest BCUT2D eigenvalue weighted by atomic mass is 10.2. The number of carbonyl (C=O) groups is 1.